The first-order chi connectivity index (χ1) is 8.61. The topological polar surface area (TPSA) is 64.5 Å². The monoisotopic (exact) mass is 240 g/mol. The van der Waals surface area contributed by atoms with Crippen LogP contribution in [0, 0.1) is 32.1 Å². The molecule has 0 saturated heterocycles. The van der Waals surface area contributed by atoms with Crippen LogP contribution in [0.15, 0.2) is 24.3 Å². The van der Waals surface area contributed by atoms with Crippen molar-refractivity contribution >= 4 is 5.69 Å². The molecule has 0 spiro atoms. The van der Waals surface area contributed by atoms with Gasteiger partial charge in [-0.2, -0.15) is 10.4 Å². The number of hydrogen-bond donors (Lipinski definition) is 2. The Morgan fingerprint density at radius 3 is 2.39 bits per heavy atom. The van der Waals surface area contributed by atoms with Crippen LogP contribution < -0.4 is 5.32 Å². The molecule has 1 heterocycles. The SMILES string of the molecule is Cc1ccc(NC(C#N)c2c(C)n[nH]c2C)cc1. The summed E-state index contributed by atoms with van der Waals surface area (Å²) < 4.78 is 0. The lowest BCUT2D eigenvalue weighted by Gasteiger charge is -2.13. The van der Waals surface area contributed by atoms with Gasteiger partial charge in [0.05, 0.1) is 11.8 Å². The maximum Gasteiger partial charge on any atom is 0.143 e. The molecule has 0 fully saturated rings. The molecule has 2 N–H and O–H groups in total. The molecule has 92 valence electrons. The van der Waals surface area contributed by atoms with Crippen molar-refractivity contribution in [3.63, 3.8) is 0 Å². The van der Waals surface area contributed by atoms with Crippen molar-refractivity contribution in [2.24, 2.45) is 0 Å². The predicted octanol–water partition coefficient (Wildman–Crippen LogP) is 3.01. The molecule has 0 aliphatic heterocycles. The highest BCUT2D eigenvalue weighted by atomic mass is 15.1. The minimum Gasteiger partial charge on any atom is -0.366 e. The van der Waals surface area contributed by atoms with Crippen molar-refractivity contribution in [3.05, 3.63) is 46.8 Å². The summed E-state index contributed by atoms with van der Waals surface area (Å²) >= 11 is 0. The lowest BCUT2D eigenvalue weighted by molar-refractivity contribution is 0.968. The molecular weight excluding hydrogens is 224 g/mol. The smallest absolute Gasteiger partial charge is 0.143 e. The molecule has 4 nitrogen and oxygen atoms in total. The number of nitrogens with one attached hydrogen (secondary N) is 2. The average molecular weight is 240 g/mol. The summed E-state index contributed by atoms with van der Waals surface area (Å²) in [5, 5.41) is 19.6. The van der Waals surface area contributed by atoms with Crippen molar-refractivity contribution in [3.8, 4) is 6.07 Å². The first-order valence-corrected chi connectivity index (χ1v) is 5.86. The number of hydrogen-bond acceptors (Lipinski definition) is 3. The fourth-order valence-corrected chi connectivity index (χ4v) is 1.97. The molecule has 2 rings (SSSR count). The van der Waals surface area contributed by atoms with Gasteiger partial charge in [-0.1, -0.05) is 17.7 Å². The minimum absolute atomic E-state index is 0.383. The van der Waals surface area contributed by atoms with Gasteiger partial charge in [-0.15, -0.1) is 0 Å². The standard InChI is InChI=1S/C14H16N4/c1-9-4-6-12(7-5-9)16-13(8-15)14-10(2)17-18-11(14)3/h4-7,13,16H,1-3H3,(H,17,18). The molecule has 0 bridgehead atoms. The molecule has 0 saturated carbocycles. The number of anilines is 1. The van der Waals surface area contributed by atoms with Gasteiger partial charge >= 0.3 is 0 Å². The number of nitrogens with zero attached hydrogens (tertiary/aromatic N) is 2. The Morgan fingerprint density at radius 1 is 1.22 bits per heavy atom. The molecule has 1 aromatic carbocycles. The van der Waals surface area contributed by atoms with Gasteiger partial charge in [0, 0.05) is 16.9 Å². The third kappa shape index (κ3) is 2.35. The Labute approximate surface area is 107 Å². The Bertz CT molecular complexity index is 555. The Hall–Kier alpha value is -2.28. The van der Waals surface area contributed by atoms with Crippen molar-refractivity contribution in [2.45, 2.75) is 26.8 Å². The second-order valence-corrected chi connectivity index (χ2v) is 4.42. The molecule has 4 heteroatoms. The third-order valence-corrected chi connectivity index (χ3v) is 2.97. The summed E-state index contributed by atoms with van der Waals surface area (Å²) in [6.45, 7) is 5.87. The van der Waals surface area contributed by atoms with E-state index in [2.05, 4.69) is 21.6 Å². The molecule has 0 amide bonds. The fraction of sp³-hybridized carbons (Fsp3) is 0.286. The molecular formula is C14H16N4. The highest BCUT2D eigenvalue weighted by Crippen LogP contribution is 2.23. The number of rotatable bonds is 3. The highest BCUT2D eigenvalue weighted by Gasteiger charge is 2.17. The maximum atomic E-state index is 9.31. The predicted molar refractivity (Wildman–Crippen MR) is 71.2 cm³/mol. The lowest BCUT2D eigenvalue weighted by Crippen LogP contribution is -2.10. The van der Waals surface area contributed by atoms with Gasteiger partial charge in [0.15, 0.2) is 0 Å². The van der Waals surface area contributed by atoms with Crippen LogP contribution in [0.3, 0.4) is 0 Å². The molecule has 0 aliphatic carbocycles. The molecule has 2 aromatic rings. The molecule has 0 radical (unpaired) electrons. The van der Waals surface area contributed by atoms with E-state index in [1.54, 1.807) is 0 Å². The number of aromatic nitrogens is 2. The summed E-state index contributed by atoms with van der Waals surface area (Å²) in [4.78, 5) is 0. The summed E-state index contributed by atoms with van der Waals surface area (Å²) in [6, 6.07) is 9.89. The Morgan fingerprint density at radius 2 is 1.89 bits per heavy atom. The van der Waals surface area contributed by atoms with E-state index in [4.69, 9.17) is 0 Å². The third-order valence-electron chi connectivity index (χ3n) is 2.97. The van der Waals surface area contributed by atoms with Gasteiger partial charge in [-0.25, -0.2) is 0 Å². The van der Waals surface area contributed by atoms with Gasteiger partial charge in [0.2, 0.25) is 0 Å². The van der Waals surface area contributed by atoms with Crippen LogP contribution in [0.25, 0.3) is 0 Å². The number of aryl methyl sites for hydroxylation is 3. The summed E-state index contributed by atoms with van der Waals surface area (Å²) in [5.41, 5.74) is 4.85. The first kappa shape index (κ1) is 12.2. The molecule has 1 unspecified atom stereocenters. The number of benzene rings is 1. The largest absolute Gasteiger partial charge is 0.366 e. The van der Waals surface area contributed by atoms with Gasteiger partial charge in [-0.05, 0) is 32.9 Å². The Kier molecular flexibility index (Phi) is 3.33. The van der Waals surface area contributed by atoms with E-state index in [9.17, 15) is 5.26 Å². The average Bonchev–Trinajstić information content (AvgIpc) is 2.69. The van der Waals surface area contributed by atoms with Crippen LogP contribution in [-0.2, 0) is 0 Å². The summed E-state index contributed by atoms with van der Waals surface area (Å²) in [5.74, 6) is 0. The van der Waals surface area contributed by atoms with Crippen molar-refractivity contribution in [1.29, 1.82) is 5.26 Å². The molecule has 0 aliphatic rings. The second kappa shape index (κ2) is 4.92. The zero-order valence-electron chi connectivity index (χ0n) is 10.8. The fourth-order valence-electron chi connectivity index (χ4n) is 1.97. The van der Waals surface area contributed by atoms with E-state index < -0.39 is 0 Å². The van der Waals surface area contributed by atoms with Crippen LogP contribution in [0.4, 0.5) is 5.69 Å². The normalized spacial score (nSPS) is 11.9. The van der Waals surface area contributed by atoms with E-state index in [1.807, 2.05) is 45.0 Å². The zero-order chi connectivity index (χ0) is 13.1. The minimum atomic E-state index is -0.383. The van der Waals surface area contributed by atoms with Gasteiger partial charge in [0.25, 0.3) is 0 Å². The number of nitriles is 1. The summed E-state index contributed by atoms with van der Waals surface area (Å²) in [6.07, 6.45) is 0. The van der Waals surface area contributed by atoms with E-state index in [-0.39, 0.29) is 6.04 Å². The van der Waals surface area contributed by atoms with Gasteiger partial charge < -0.3 is 5.32 Å². The van der Waals surface area contributed by atoms with Crippen molar-refractivity contribution < 1.29 is 0 Å². The number of H-pyrrole nitrogens is 1. The van der Waals surface area contributed by atoms with E-state index >= 15 is 0 Å². The van der Waals surface area contributed by atoms with Crippen molar-refractivity contribution in [1.82, 2.24) is 10.2 Å². The quantitative estimate of drug-likeness (QED) is 0.866. The van der Waals surface area contributed by atoms with Gasteiger partial charge in [-0.3, -0.25) is 5.10 Å². The lowest BCUT2D eigenvalue weighted by atomic mass is 10.1. The first-order valence-electron chi connectivity index (χ1n) is 5.86. The van der Waals surface area contributed by atoms with Crippen LogP contribution in [0.5, 0.6) is 0 Å². The van der Waals surface area contributed by atoms with E-state index in [0.29, 0.717) is 0 Å². The van der Waals surface area contributed by atoms with Crippen LogP contribution in [0.2, 0.25) is 0 Å². The van der Waals surface area contributed by atoms with Crippen molar-refractivity contribution in [2.75, 3.05) is 5.32 Å². The van der Waals surface area contributed by atoms with Gasteiger partial charge in [0.1, 0.15) is 6.04 Å². The molecule has 1 atom stereocenters. The highest BCUT2D eigenvalue weighted by molar-refractivity contribution is 5.49. The maximum absolute atomic E-state index is 9.31. The second-order valence-electron chi connectivity index (χ2n) is 4.42. The van der Waals surface area contributed by atoms with Crippen LogP contribution in [0.1, 0.15) is 28.6 Å². The molecule has 1 aromatic heterocycles. The van der Waals surface area contributed by atoms with Crippen LogP contribution >= 0.6 is 0 Å². The summed E-state index contributed by atoms with van der Waals surface area (Å²) in [7, 11) is 0. The number of aromatic amines is 1. The zero-order valence-corrected chi connectivity index (χ0v) is 10.8. The van der Waals surface area contributed by atoms with Crippen LogP contribution in [-0.4, -0.2) is 10.2 Å². The van der Waals surface area contributed by atoms with E-state index in [0.717, 1.165) is 22.6 Å². The van der Waals surface area contributed by atoms with E-state index in [1.165, 1.54) is 5.56 Å². The molecule has 18 heavy (non-hydrogen) atoms. The Balaban J connectivity index is 2.26.